The second kappa shape index (κ2) is 7.34. The molecular weight excluding hydrogens is 382 g/mol. The highest BCUT2D eigenvalue weighted by molar-refractivity contribution is 7.15. The normalized spacial score (nSPS) is 12.3. The number of fused-ring (bicyclic) bond motifs is 1. The number of aromatic nitrogens is 3. The lowest BCUT2D eigenvalue weighted by atomic mass is 10.2. The van der Waals surface area contributed by atoms with E-state index in [1.807, 2.05) is 60.7 Å². The highest BCUT2D eigenvalue weighted by atomic mass is 35.5. The Balaban J connectivity index is 1.66. The van der Waals surface area contributed by atoms with Crippen molar-refractivity contribution in [2.24, 2.45) is 0 Å². The third-order valence-electron chi connectivity index (χ3n) is 3.88. The number of benzene rings is 2. The largest absolute Gasteiger partial charge is 0.497 e. The minimum absolute atomic E-state index is 0.184. The molecule has 0 spiro atoms. The lowest BCUT2D eigenvalue weighted by Gasteiger charge is -1.99. The van der Waals surface area contributed by atoms with E-state index in [0.717, 1.165) is 16.9 Å². The Morgan fingerprint density at radius 1 is 1.11 bits per heavy atom. The van der Waals surface area contributed by atoms with Gasteiger partial charge in [0.15, 0.2) is 5.82 Å². The summed E-state index contributed by atoms with van der Waals surface area (Å²) in [6.45, 7) is 0. The SMILES string of the molecule is COc1cccc(/C=c2\sc3nc(/C=C/c4ccc(Cl)cc4)nn3c2=O)c1. The highest BCUT2D eigenvalue weighted by Crippen LogP contribution is 2.14. The molecule has 27 heavy (non-hydrogen) atoms. The molecule has 0 aliphatic carbocycles. The zero-order valence-corrected chi connectivity index (χ0v) is 15.9. The fraction of sp³-hybridized carbons (Fsp3) is 0.0500. The van der Waals surface area contributed by atoms with Gasteiger partial charge in [-0.3, -0.25) is 4.79 Å². The van der Waals surface area contributed by atoms with Crippen LogP contribution in [0.5, 0.6) is 5.75 Å². The summed E-state index contributed by atoms with van der Waals surface area (Å²) in [6, 6.07) is 15.0. The number of thiazole rings is 1. The lowest BCUT2D eigenvalue weighted by molar-refractivity contribution is 0.414. The van der Waals surface area contributed by atoms with E-state index in [4.69, 9.17) is 16.3 Å². The summed E-state index contributed by atoms with van der Waals surface area (Å²) in [5.41, 5.74) is 1.68. The number of halogens is 1. The van der Waals surface area contributed by atoms with Crippen molar-refractivity contribution < 1.29 is 4.74 Å². The third-order valence-corrected chi connectivity index (χ3v) is 5.10. The van der Waals surface area contributed by atoms with Gasteiger partial charge in [-0.15, -0.1) is 5.10 Å². The highest BCUT2D eigenvalue weighted by Gasteiger charge is 2.09. The maximum absolute atomic E-state index is 12.6. The summed E-state index contributed by atoms with van der Waals surface area (Å²) in [7, 11) is 1.61. The van der Waals surface area contributed by atoms with E-state index < -0.39 is 0 Å². The van der Waals surface area contributed by atoms with Crippen LogP contribution >= 0.6 is 22.9 Å². The number of nitrogens with zero attached hydrogens (tertiary/aromatic N) is 3. The minimum atomic E-state index is -0.184. The maximum atomic E-state index is 12.6. The van der Waals surface area contributed by atoms with Crippen LogP contribution in [0.25, 0.3) is 23.2 Å². The number of ether oxygens (including phenoxy) is 1. The first-order valence-corrected chi connectivity index (χ1v) is 9.31. The van der Waals surface area contributed by atoms with E-state index in [0.29, 0.717) is 20.3 Å². The second-order valence-electron chi connectivity index (χ2n) is 5.74. The predicted octanol–water partition coefficient (Wildman–Crippen LogP) is 3.53. The van der Waals surface area contributed by atoms with Crippen molar-refractivity contribution in [2.75, 3.05) is 7.11 Å². The summed E-state index contributed by atoms with van der Waals surface area (Å²) in [5, 5.41) is 4.97. The topological polar surface area (TPSA) is 56.5 Å². The van der Waals surface area contributed by atoms with Gasteiger partial charge in [-0.2, -0.15) is 9.50 Å². The zero-order chi connectivity index (χ0) is 18.8. The van der Waals surface area contributed by atoms with Crippen LogP contribution in [0.4, 0.5) is 0 Å². The molecule has 0 atom stereocenters. The molecule has 5 nitrogen and oxygen atoms in total. The Labute approximate surface area is 163 Å². The van der Waals surface area contributed by atoms with E-state index >= 15 is 0 Å². The minimum Gasteiger partial charge on any atom is -0.497 e. The Morgan fingerprint density at radius 3 is 2.67 bits per heavy atom. The van der Waals surface area contributed by atoms with Crippen LogP contribution in [0, 0.1) is 0 Å². The van der Waals surface area contributed by atoms with Gasteiger partial charge in [0.1, 0.15) is 5.75 Å². The molecule has 7 heteroatoms. The summed E-state index contributed by atoms with van der Waals surface area (Å²) >= 11 is 7.19. The van der Waals surface area contributed by atoms with Gasteiger partial charge in [0, 0.05) is 5.02 Å². The van der Waals surface area contributed by atoms with Crippen LogP contribution in [0.1, 0.15) is 17.0 Å². The molecule has 2 aromatic carbocycles. The third kappa shape index (κ3) is 3.77. The molecule has 0 bridgehead atoms. The Bertz CT molecular complexity index is 1240. The smallest absolute Gasteiger partial charge is 0.291 e. The molecule has 0 saturated heterocycles. The molecule has 0 aliphatic heterocycles. The van der Waals surface area contributed by atoms with Crippen LogP contribution in [0.3, 0.4) is 0 Å². The van der Waals surface area contributed by atoms with Crippen molar-refractivity contribution in [1.82, 2.24) is 14.6 Å². The second-order valence-corrected chi connectivity index (χ2v) is 7.19. The quantitative estimate of drug-likeness (QED) is 0.530. The number of hydrogen-bond donors (Lipinski definition) is 0. The molecule has 0 fully saturated rings. The van der Waals surface area contributed by atoms with Crippen molar-refractivity contribution in [3.8, 4) is 5.75 Å². The van der Waals surface area contributed by atoms with Crippen LogP contribution < -0.4 is 14.8 Å². The van der Waals surface area contributed by atoms with Gasteiger partial charge in [-0.25, -0.2) is 0 Å². The first-order chi connectivity index (χ1) is 13.1. The molecule has 4 aromatic rings. The van der Waals surface area contributed by atoms with Crippen LogP contribution in [0.2, 0.25) is 5.02 Å². The first-order valence-electron chi connectivity index (χ1n) is 8.11. The van der Waals surface area contributed by atoms with E-state index in [2.05, 4.69) is 10.1 Å². The Morgan fingerprint density at radius 2 is 1.93 bits per heavy atom. The summed E-state index contributed by atoms with van der Waals surface area (Å²) < 4.78 is 7.12. The lowest BCUT2D eigenvalue weighted by Crippen LogP contribution is -2.23. The molecule has 2 aromatic heterocycles. The van der Waals surface area contributed by atoms with Crippen molar-refractivity contribution in [1.29, 1.82) is 0 Å². The number of hydrogen-bond acceptors (Lipinski definition) is 5. The van der Waals surface area contributed by atoms with E-state index in [9.17, 15) is 4.79 Å². The number of methoxy groups -OCH3 is 1. The van der Waals surface area contributed by atoms with E-state index in [1.165, 1.54) is 15.9 Å². The van der Waals surface area contributed by atoms with Gasteiger partial charge < -0.3 is 4.74 Å². The Hall–Kier alpha value is -2.96. The van der Waals surface area contributed by atoms with E-state index in [1.54, 1.807) is 13.2 Å². The molecule has 0 aliphatic rings. The van der Waals surface area contributed by atoms with Gasteiger partial charge in [0.05, 0.1) is 11.6 Å². The zero-order valence-electron chi connectivity index (χ0n) is 14.3. The summed E-state index contributed by atoms with van der Waals surface area (Å²) in [6.07, 6.45) is 5.46. The van der Waals surface area contributed by atoms with Crippen LogP contribution in [-0.4, -0.2) is 21.7 Å². The van der Waals surface area contributed by atoms with Crippen LogP contribution in [-0.2, 0) is 0 Å². The molecule has 0 N–H and O–H groups in total. The van der Waals surface area contributed by atoms with Crippen molar-refractivity contribution in [3.63, 3.8) is 0 Å². The summed E-state index contributed by atoms with van der Waals surface area (Å²) in [5.74, 6) is 1.23. The molecule has 0 amide bonds. The average molecular weight is 396 g/mol. The monoisotopic (exact) mass is 395 g/mol. The Kier molecular flexibility index (Phi) is 4.75. The molecule has 0 saturated carbocycles. The van der Waals surface area contributed by atoms with Gasteiger partial charge in [0.2, 0.25) is 4.96 Å². The molecule has 0 radical (unpaired) electrons. The predicted molar refractivity (Wildman–Crippen MR) is 109 cm³/mol. The fourth-order valence-corrected chi connectivity index (χ4v) is 3.59. The molecule has 0 unspecified atom stereocenters. The van der Waals surface area contributed by atoms with Crippen molar-refractivity contribution >= 4 is 46.1 Å². The van der Waals surface area contributed by atoms with Gasteiger partial charge in [0.25, 0.3) is 5.56 Å². The fourth-order valence-electron chi connectivity index (χ4n) is 2.55. The van der Waals surface area contributed by atoms with E-state index in [-0.39, 0.29) is 5.56 Å². The maximum Gasteiger partial charge on any atom is 0.291 e. The van der Waals surface area contributed by atoms with Gasteiger partial charge >= 0.3 is 0 Å². The summed E-state index contributed by atoms with van der Waals surface area (Å²) in [4.78, 5) is 17.6. The molecule has 2 heterocycles. The first kappa shape index (κ1) is 17.5. The average Bonchev–Trinajstić information content (AvgIpc) is 3.21. The van der Waals surface area contributed by atoms with Gasteiger partial charge in [-0.05, 0) is 47.5 Å². The molecular formula is C20H14ClN3O2S. The number of rotatable bonds is 4. The standard InChI is InChI=1S/C20H14ClN3O2S/c1-26-16-4-2-3-14(11-16)12-17-19(25)24-20(27-17)22-18(23-24)10-7-13-5-8-15(21)9-6-13/h2-12H,1H3/b10-7+,17-12-. The van der Waals surface area contributed by atoms with Crippen molar-refractivity contribution in [2.45, 2.75) is 0 Å². The van der Waals surface area contributed by atoms with Gasteiger partial charge in [-0.1, -0.05) is 53.3 Å². The van der Waals surface area contributed by atoms with Crippen molar-refractivity contribution in [3.05, 3.63) is 85.4 Å². The molecule has 4 rings (SSSR count). The molecule has 134 valence electrons. The van der Waals surface area contributed by atoms with Crippen LogP contribution in [0.15, 0.2) is 53.3 Å².